The van der Waals surface area contributed by atoms with Crippen LogP contribution in [0.1, 0.15) is 86.6 Å². The Bertz CT molecular complexity index is 1320. The van der Waals surface area contributed by atoms with Crippen LogP contribution in [-0.4, -0.2) is 84.1 Å². The number of aldehydes is 1. The van der Waals surface area contributed by atoms with Gasteiger partial charge in [-0.15, -0.1) is 0 Å². The van der Waals surface area contributed by atoms with E-state index in [0.717, 1.165) is 19.3 Å². The van der Waals surface area contributed by atoms with E-state index in [9.17, 15) is 29.4 Å². The maximum absolute atomic E-state index is 14.1. The molecule has 0 unspecified atom stereocenters. The van der Waals surface area contributed by atoms with Crippen LogP contribution in [-0.2, 0) is 14.4 Å². The molecule has 0 radical (unpaired) electrons. The summed E-state index contributed by atoms with van der Waals surface area (Å²) in [5, 5.41) is 24.2. The van der Waals surface area contributed by atoms with Crippen molar-refractivity contribution in [3.05, 3.63) is 34.9 Å². The van der Waals surface area contributed by atoms with Gasteiger partial charge in [-0.25, -0.2) is 0 Å². The van der Waals surface area contributed by atoms with Gasteiger partial charge in [0.25, 0.3) is 0 Å². The minimum absolute atomic E-state index is 0.0227. The van der Waals surface area contributed by atoms with Gasteiger partial charge < -0.3 is 34.7 Å². The molecule has 1 aromatic rings. The van der Waals surface area contributed by atoms with Gasteiger partial charge in [0.1, 0.15) is 24.3 Å². The molecule has 4 fully saturated rings. The lowest BCUT2D eigenvalue weighted by molar-refractivity contribution is -0.145. The molecule has 2 amide bonds. The normalized spacial score (nSPS) is 32.6. The van der Waals surface area contributed by atoms with Gasteiger partial charge >= 0.3 is 0 Å². The summed E-state index contributed by atoms with van der Waals surface area (Å²) in [6, 6.07) is 2.37. The van der Waals surface area contributed by atoms with Gasteiger partial charge in [0.2, 0.25) is 11.8 Å². The SMILES string of the molecule is COc1cc(C=O)cc2c1O[C@@H]1[C@@H](O)[C@H](N(CC34CC5CC(CC(C5)C3)C4)C(=O)CCCC(C)=O)C=C(C(=O)NCCO)[C@H]21. The van der Waals surface area contributed by atoms with Crippen molar-refractivity contribution in [1.29, 1.82) is 0 Å². The Morgan fingerprint density at radius 1 is 1.11 bits per heavy atom. The van der Waals surface area contributed by atoms with Crippen molar-refractivity contribution in [2.24, 2.45) is 23.2 Å². The minimum atomic E-state index is -1.17. The van der Waals surface area contributed by atoms with E-state index in [1.165, 1.54) is 33.3 Å². The average Bonchev–Trinajstić information content (AvgIpc) is 3.38. The third kappa shape index (κ3) is 5.67. The highest BCUT2D eigenvalue weighted by Crippen LogP contribution is 2.60. The van der Waals surface area contributed by atoms with E-state index in [2.05, 4.69) is 5.32 Å². The van der Waals surface area contributed by atoms with Gasteiger partial charge in [0.05, 0.1) is 25.7 Å². The van der Waals surface area contributed by atoms with Crippen LogP contribution in [0.25, 0.3) is 0 Å². The number of fused-ring (bicyclic) bond motifs is 3. The fourth-order valence-electron chi connectivity index (χ4n) is 9.40. The van der Waals surface area contributed by atoms with E-state index >= 15 is 0 Å². The number of hydrogen-bond acceptors (Lipinski definition) is 8. The van der Waals surface area contributed by atoms with Crippen molar-refractivity contribution in [2.75, 3.05) is 26.8 Å². The molecule has 1 aliphatic heterocycles. The van der Waals surface area contributed by atoms with Crippen LogP contribution < -0.4 is 14.8 Å². The van der Waals surface area contributed by atoms with Gasteiger partial charge in [-0.3, -0.25) is 14.4 Å². The highest BCUT2D eigenvalue weighted by Gasteiger charge is 2.55. The Morgan fingerprint density at radius 2 is 1.80 bits per heavy atom. The molecule has 1 aromatic carbocycles. The molecule has 0 aromatic heterocycles. The van der Waals surface area contributed by atoms with Gasteiger partial charge in [-0.1, -0.05) is 0 Å². The fourth-order valence-corrected chi connectivity index (χ4v) is 9.40. The number of rotatable bonds is 12. The molecule has 3 N–H and O–H groups in total. The van der Waals surface area contributed by atoms with Gasteiger partial charge in [0, 0.05) is 42.6 Å². The van der Waals surface area contributed by atoms with Crippen molar-refractivity contribution in [3.8, 4) is 11.5 Å². The van der Waals surface area contributed by atoms with Crippen molar-refractivity contribution in [1.82, 2.24) is 10.2 Å². The molecule has 10 heteroatoms. The molecule has 44 heavy (non-hydrogen) atoms. The molecule has 10 nitrogen and oxygen atoms in total. The lowest BCUT2D eigenvalue weighted by atomic mass is 9.49. The molecule has 0 saturated heterocycles. The van der Waals surface area contributed by atoms with Crippen LogP contribution in [0.2, 0.25) is 0 Å². The molecule has 4 atom stereocenters. The molecule has 0 spiro atoms. The number of methoxy groups -OCH3 is 1. The van der Waals surface area contributed by atoms with E-state index in [1.807, 2.05) is 0 Å². The molecule has 7 rings (SSSR count). The molecule has 4 saturated carbocycles. The molecule has 238 valence electrons. The van der Waals surface area contributed by atoms with Crippen molar-refractivity contribution in [3.63, 3.8) is 0 Å². The Morgan fingerprint density at radius 3 is 2.39 bits per heavy atom. The first-order valence-electron chi connectivity index (χ1n) is 16.1. The summed E-state index contributed by atoms with van der Waals surface area (Å²) in [5.74, 6) is 1.41. The van der Waals surface area contributed by atoms with Crippen LogP contribution in [0.5, 0.6) is 11.5 Å². The van der Waals surface area contributed by atoms with Crippen LogP contribution in [0.15, 0.2) is 23.8 Å². The second-order valence-corrected chi connectivity index (χ2v) is 13.9. The number of carbonyl (C=O) groups excluding carboxylic acids is 4. The van der Waals surface area contributed by atoms with E-state index in [-0.39, 0.29) is 36.7 Å². The van der Waals surface area contributed by atoms with E-state index < -0.39 is 30.1 Å². The number of nitrogens with one attached hydrogen (secondary N) is 1. The smallest absolute Gasteiger partial charge is 0.247 e. The minimum Gasteiger partial charge on any atom is -0.493 e. The largest absolute Gasteiger partial charge is 0.493 e. The third-order valence-electron chi connectivity index (χ3n) is 10.7. The number of ketones is 1. The first-order valence-corrected chi connectivity index (χ1v) is 16.1. The highest BCUT2D eigenvalue weighted by atomic mass is 16.5. The molecular formula is C34H44N2O8. The molecule has 4 bridgehead atoms. The number of amides is 2. The zero-order chi connectivity index (χ0) is 31.2. The Kier molecular flexibility index (Phi) is 8.58. The van der Waals surface area contributed by atoms with E-state index in [1.54, 1.807) is 23.1 Å². The summed E-state index contributed by atoms with van der Waals surface area (Å²) < 4.78 is 11.9. The summed E-state index contributed by atoms with van der Waals surface area (Å²) in [6.07, 6.45) is 8.16. The van der Waals surface area contributed by atoms with Gasteiger partial charge in [-0.05, 0) is 93.2 Å². The third-order valence-corrected chi connectivity index (χ3v) is 10.7. The number of carbonyl (C=O) groups is 4. The van der Waals surface area contributed by atoms with E-state index in [0.29, 0.717) is 71.6 Å². The lowest BCUT2D eigenvalue weighted by Crippen LogP contribution is -2.59. The van der Waals surface area contributed by atoms with Crippen molar-refractivity contribution in [2.45, 2.75) is 88.9 Å². The Labute approximate surface area is 258 Å². The first-order chi connectivity index (χ1) is 21.1. The quantitative estimate of drug-likeness (QED) is 0.308. The summed E-state index contributed by atoms with van der Waals surface area (Å²) in [7, 11) is 1.46. The van der Waals surface area contributed by atoms with Crippen LogP contribution in [0, 0.1) is 23.2 Å². The maximum Gasteiger partial charge on any atom is 0.247 e. The number of aliphatic hydroxyl groups is 2. The molecule has 5 aliphatic carbocycles. The van der Waals surface area contributed by atoms with Crippen LogP contribution >= 0.6 is 0 Å². The molecule has 1 heterocycles. The summed E-state index contributed by atoms with van der Waals surface area (Å²) in [5.41, 5.74) is 1.19. The van der Waals surface area contributed by atoms with Gasteiger partial charge in [-0.2, -0.15) is 0 Å². The summed E-state index contributed by atoms with van der Waals surface area (Å²) in [6.45, 7) is 1.79. The Hall–Kier alpha value is -3.24. The second kappa shape index (κ2) is 12.3. The van der Waals surface area contributed by atoms with Gasteiger partial charge in [0.15, 0.2) is 11.5 Å². The van der Waals surface area contributed by atoms with Crippen molar-refractivity contribution >= 4 is 23.9 Å². The zero-order valence-corrected chi connectivity index (χ0v) is 25.6. The lowest BCUT2D eigenvalue weighted by Gasteiger charge is -2.58. The zero-order valence-electron chi connectivity index (χ0n) is 25.6. The monoisotopic (exact) mass is 608 g/mol. The first kappa shape index (κ1) is 30.8. The van der Waals surface area contributed by atoms with Crippen LogP contribution in [0.4, 0.5) is 0 Å². The molecular weight excluding hydrogens is 564 g/mol. The fraction of sp³-hybridized carbons (Fsp3) is 0.647. The number of nitrogens with zero attached hydrogens (tertiary/aromatic N) is 1. The van der Waals surface area contributed by atoms with Crippen molar-refractivity contribution < 1.29 is 38.9 Å². The number of benzene rings is 1. The topological polar surface area (TPSA) is 142 Å². The number of ether oxygens (including phenoxy) is 2. The van der Waals surface area contributed by atoms with E-state index in [4.69, 9.17) is 9.47 Å². The second-order valence-electron chi connectivity index (χ2n) is 13.9. The number of aliphatic hydroxyl groups excluding tert-OH is 2. The average molecular weight is 609 g/mol. The predicted molar refractivity (Wildman–Crippen MR) is 160 cm³/mol. The summed E-state index contributed by atoms with van der Waals surface area (Å²) >= 11 is 0. The predicted octanol–water partition coefficient (Wildman–Crippen LogP) is 2.93. The maximum atomic E-state index is 14.1. The number of hydrogen-bond donors (Lipinski definition) is 3. The Balaban J connectivity index is 1.39. The number of Topliss-reactive ketones (excluding diaryl/α,β-unsaturated/α-hetero) is 1. The van der Waals surface area contributed by atoms with Crippen LogP contribution in [0.3, 0.4) is 0 Å². The summed E-state index contributed by atoms with van der Waals surface area (Å²) in [4.78, 5) is 53.0. The standard InChI is InChI=1S/C34H44N2O8/c1-19(39)4-3-5-28(40)36(18-34-14-20-8-21(15-34)10-22(9-20)16-34)26-13-25(33(42)35-6-7-37)29-24-11-23(17-38)12-27(43-2)31(24)44-32(29)30(26)41/h11-13,17,20-22,26,29-30,32,37,41H,3-10,14-16,18H2,1-2H3,(H,35,42)/t20?,21?,22?,26-,29+,30+,32+,34?/m1/s1. The molecule has 6 aliphatic rings. The highest BCUT2D eigenvalue weighted by molar-refractivity contribution is 5.96.